The van der Waals surface area contributed by atoms with Crippen molar-refractivity contribution in [2.45, 2.75) is 51.1 Å². The summed E-state index contributed by atoms with van der Waals surface area (Å²) in [7, 11) is 2.29. The molecule has 0 aromatic carbocycles. The maximum absolute atomic E-state index is 6.39. The third kappa shape index (κ3) is 1.93. The molecular formula is C18H28N2O. The van der Waals surface area contributed by atoms with Crippen molar-refractivity contribution in [2.24, 2.45) is 29.4 Å². The predicted molar refractivity (Wildman–Crippen MR) is 83.7 cm³/mol. The molecular weight excluding hydrogens is 260 g/mol. The molecule has 0 unspecified atom stereocenters. The summed E-state index contributed by atoms with van der Waals surface area (Å²) in [5.74, 6) is 4.68. The number of nitrogens with two attached hydrogens (primary N) is 1. The summed E-state index contributed by atoms with van der Waals surface area (Å²) in [6, 6.07) is 2.12. The van der Waals surface area contributed by atoms with Crippen LogP contribution in [-0.4, -0.2) is 24.0 Å². The van der Waals surface area contributed by atoms with Gasteiger partial charge in [-0.1, -0.05) is 0 Å². The van der Waals surface area contributed by atoms with Gasteiger partial charge in [0.05, 0.1) is 6.26 Å². The number of hydrogen-bond donors (Lipinski definition) is 1. The van der Waals surface area contributed by atoms with Gasteiger partial charge in [0, 0.05) is 24.2 Å². The molecule has 4 bridgehead atoms. The lowest BCUT2D eigenvalue weighted by Crippen LogP contribution is -2.68. The van der Waals surface area contributed by atoms with E-state index in [1.165, 1.54) is 37.7 Å². The van der Waals surface area contributed by atoms with E-state index in [-0.39, 0.29) is 5.54 Å². The van der Waals surface area contributed by atoms with Crippen LogP contribution in [0.2, 0.25) is 0 Å². The summed E-state index contributed by atoms with van der Waals surface area (Å²) in [6.07, 6.45) is 8.97. The van der Waals surface area contributed by atoms with Crippen LogP contribution in [0.25, 0.3) is 0 Å². The molecule has 5 rings (SSSR count). The minimum atomic E-state index is 0.233. The molecule has 1 aromatic heterocycles. The van der Waals surface area contributed by atoms with E-state index in [0.29, 0.717) is 0 Å². The second-order valence-electron chi connectivity index (χ2n) is 7.86. The Morgan fingerprint density at radius 3 is 2.29 bits per heavy atom. The quantitative estimate of drug-likeness (QED) is 0.925. The number of likely N-dealkylation sites (N-methyl/N-ethyl adjacent to an activating group) is 1. The fourth-order valence-electron chi connectivity index (χ4n) is 6.09. The zero-order chi connectivity index (χ0) is 14.6. The number of aryl methyl sites for hydroxylation is 1. The molecule has 116 valence electrons. The Morgan fingerprint density at radius 2 is 1.81 bits per heavy atom. The largest absolute Gasteiger partial charge is 0.469 e. The van der Waals surface area contributed by atoms with E-state index in [4.69, 9.17) is 10.2 Å². The normalized spacial score (nSPS) is 41.1. The van der Waals surface area contributed by atoms with Crippen LogP contribution in [0.1, 0.15) is 43.4 Å². The van der Waals surface area contributed by atoms with E-state index in [2.05, 4.69) is 24.9 Å². The highest BCUT2D eigenvalue weighted by molar-refractivity contribution is 5.18. The summed E-state index contributed by atoms with van der Waals surface area (Å²) >= 11 is 0. The lowest BCUT2D eigenvalue weighted by atomic mass is 9.48. The van der Waals surface area contributed by atoms with Gasteiger partial charge in [-0.2, -0.15) is 0 Å². The van der Waals surface area contributed by atoms with Crippen molar-refractivity contribution in [2.75, 3.05) is 13.6 Å². The highest BCUT2D eigenvalue weighted by Gasteiger charge is 2.58. The van der Waals surface area contributed by atoms with Crippen molar-refractivity contribution in [3.63, 3.8) is 0 Å². The van der Waals surface area contributed by atoms with E-state index in [1.807, 2.05) is 6.26 Å². The van der Waals surface area contributed by atoms with Crippen LogP contribution in [0.15, 0.2) is 16.7 Å². The molecule has 0 amide bonds. The average molecular weight is 288 g/mol. The van der Waals surface area contributed by atoms with Crippen molar-refractivity contribution in [1.29, 1.82) is 0 Å². The Morgan fingerprint density at radius 1 is 1.19 bits per heavy atom. The molecule has 4 aliphatic rings. The Labute approximate surface area is 127 Å². The van der Waals surface area contributed by atoms with Crippen molar-refractivity contribution >= 4 is 0 Å². The van der Waals surface area contributed by atoms with E-state index >= 15 is 0 Å². The zero-order valence-electron chi connectivity index (χ0n) is 13.3. The zero-order valence-corrected chi connectivity index (χ0v) is 13.3. The highest BCUT2D eigenvalue weighted by Crippen LogP contribution is 2.59. The molecule has 3 heteroatoms. The molecule has 1 heterocycles. The predicted octanol–water partition coefficient (Wildman–Crippen LogP) is 3.17. The fourth-order valence-corrected chi connectivity index (χ4v) is 6.09. The van der Waals surface area contributed by atoms with Crippen molar-refractivity contribution in [1.82, 2.24) is 4.90 Å². The molecule has 4 fully saturated rings. The van der Waals surface area contributed by atoms with Gasteiger partial charge in [-0.25, -0.2) is 0 Å². The van der Waals surface area contributed by atoms with Crippen LogP contribution >= 0.6 is 0 Å². The first-order valence-electron chi connectivity index (χ1n) is 8.57. The van der Waals surface area contributed by atoms with Crippen molar-refractivity contribution in [3.8, 4) is 0 Å². The first kappa shape index (κ1) is 13.8. The van der Waals surface area contributed by atoms with E-state index < -0.39 is 0 Å². The molecule has 3 nitrogen and oxygen atoms in total. The fraction of sp³-hybridized carbons (Fsp3) is 0.778. The van der Waals surface area contributed by atoms with Crippen molar-refractivity contribution in [3.05, 3.63) is 23.7 Å². The Kier molecular flexibility index (Phi) is 3.20. The van der Waals surface area contributed by atoms with E-state index in [9.17, 15) is 0 Å². The van der Waals surface area contributed by atoms with Gasteiger partial charge in [0.2, 0.25) is 0 Å². The summed E-state index contributed by atoms with van der Waals surface area (Å²) in [5, 5.41) is 0. The van der Waals surface area contributed by atoms with Gasteiger partial charge in [-0.15, -0.1) is 0 Å². The second kappa shape index (κ2) is 4.85. The topological polar surface area (TPSA) is 42.4 Å². The molecule has 4 saturated carbocycles. The second-order valence-corrected chi connectivity index (χ2v) is 7.86. The smallest absolute Gasteiger partial charge is 0.105 e. The Bertz CT molecular complexity index is 493. The highest BCUT2D eigenvalue weighted by atomic mass is 16.3. The van der Waals surface area contributed by atoms with Crippen LogP contribution in [0, 0.1) is 30.6 Å². The first-order valence-corrected chi connectivity index (χ1v) is 8.57. The standard InChI is InChI=1S/C18H28N2O/c1-12-15(3-4-21-12)10-20(2)18(11-19)16-6-13-5-14(8-16)9-17(18)7-13/h3-4,13-14,16-17H,5-11,19H2,1-2H3. The molecule has 0 radical (unpaired) electrons. The summed E-state index contributed by atoms with van der Waals surface area (Å²) < 4.78 is 5.48. The Balaban J connectivity index is 1.62. The molecule has 0 spiro atoms. The van der Waals surface area contributed by atoms with Crippen LogP contribution in [-0.2, 0) is 6.54 Å². The number of rotatable bonds is 4. The number of furan rings is 1. The SMILES string of the molecule is Cc1occc1CN(C)C1(CN)C2CC3CC(C2)CC1C3. The minimum Gasteiger partial charge on any atom is -0.469 e. The molecule has 0 atom stereocenters. The van der Waals surface area contributed by atoms with Crippen LogP contribution in [0.3, 0.4) is 0 Å². The van der Waals surface area contributed by atoms with Gasteiger partial charge in [0.1, 0.15) is 5.76 Å². The van der Waals surface area contributed by atoms with Crippen LogP contribution in [0.4, 0.5) is 0 Å². The number of nitrogens with zero attached hydrogens (tertiary/aromatic N) is 1. The van der Waals surface area contributed by atoms with Crippen molar-refractivity contribution < 1.29 is 4.42 Å². The van der Waals surface area contributed by atoms with Gasteiger partial charge >= 0.3 is 0 Å². The van der Waals surface area contributed by atoms with Gasteiger partial charge in [-0.05, 0) is 75.8 Å². The van der Waals surface area contributed by atoms with Gasteiger partial charge in [-0.3, -0.25) is 4.90 Å². The first-order chi connectivity index (χ1) is 10.1. The molecule has 21 heavy (non-hydrogen) atoms. The van der Waals surface area contributed by atoms with E-state index in [1.54, 1.807) is 0 Å². The van der Waals surface area contributed by atoms with Crippen LogP contribution in [0.5, 0.6) is 0 Å². The monoisotopic (exact) mass is 288 g/mol. The molecule has 0 aliphatic heterocycles. The summed E-state index contributed by atoms with van der Waals surface area (Å²) in [4.78, 5) is 2.58. The summed E-state index contributed by atoms with van der Waals surface area (Å²) in [6.45, 7) is 3.85. The maximum atomic E-state index is 6.39. The van der Waals surface area contributed by atoms with Gasteiger partial charge < -0.3 is 10.2 Å². The van der Waals surface area contributed by atoms with Crippen LogP contribution < -0.4 is 5.73 Å². The molecule has 4 aliphatic carbocycles. The number of hydrogen-bond acceptors (Lipinski definition) is 3. The van der Waals surface area contributed by atoms with Gasteiger partial charge in [0.15, 0.2) is 0 Å². The summed E-state index contributed by atoms with van der Waals surface area (Å²) in [5.41, 5.74) is 7.94. The third-order valence-electron chi connectivity index (χ3n) is 6.96. The van der Waals surface area contributed by atoms with E-state index in [0.717, 1.165) is 42.5 Å². The lowest BCUT2D eigenvalue weighted by Gasteiger charge is -2.64. The van der Waals surface area contributed by atoms with Gasteiger partial charge in [0.25, 0.3) is 0 Å². The lowest BCUT2D eigenvalue weighted by molar-refractivity contribution is -0.126. The molecule has 2 N–H and O–H groups in total. The molecule has 1 aromatic rings. The maximum Gasteiger partial charge on any atom is 0.105 e. The average Bonchev–Trinajstić information content (AvgIpc) is 2.84. The molecule has 0 saturated heterocycles. The third-order valence-corrected chi connectivity index (χ3v) is 6.96. The minimum absolute atomic E-state index is 0.233. The Hall–Kier alpha value is -0.800.